The van der Waals surface area contributed by atoms with E-state index in [0.717, 1.165) is 44.8 Å². The van der Waals surface area contributed by atoms with E-state index in [1.54, 1.807) is 4.57 Å². The minimum atomic E-state index is -0.0979. The fraction of sp³-hybridized carbons (Fsp3) is 0.467. The molecule has 1 aliphatic rings. The van der Waals surface area contributed by atoms with E-state index in [0.29, 0.717) is 0 Å². The minimum absolute atomic E-state index is 0.0979. The Morgan fingerprint density at radius 3 is 2.90 bits per heavy atom. The lowest BCUT2D eigenvalue weighted by molar-refractivity contribution is 0.235. The molecule has 106 valence electrons. The fourth-order valence-corrected chi connectivity index (χ4v) is 2.81. The molecular weight excluding hydrogens is 252 g/mol. The van der Waals surface area contributed by atoms with E-state index in [4.69, 9.17) is 0 Å². The van der Waals surface area contributed by atoms with Crippen molar-refractivity contribution in [2.45, 2.75) is 39.4 Å². The molecule has 5 nitrogen and oxygen atoms in total. The molecule has 0 saturated carbocycles. The van der Waals surface area contributed by atoms with Crippen LogP contribution in [0.25, 0.3) is 0 Å². The van der Waals surface area contributed by atoms with Crippen molar-refractivity contribution in [2.24, 2.45) is 0 Å². The van der Waals surface area contributed by atoms with Crippen LogP contribution in [-0.4, -0.2) is 26.2 Å². The van der Waals surface area contributed by atoms with Crippen molar-refractivity contribution in [1.29, 1.82) is 0 Å². The first-order valence-electron chi connectivity index (χ1n) is 7.21. The predicted octanol–water partition coefficient (Wildman–Crippen LogP) is 1.54. The van der Waals surface area contributed by atoms with Crippen molar-refractivity contribution in [1.82, 2.24) is 19.7 Å². The number of aromatic nitrogens is 3. The van der Waals surface area contributed by atoms with Crippen LogP contribution in [0.15, 0.2) is 29.1 Å². The standard InChI is InChI=1S/C15H20N4O/c1-2-8-19-14(16-17-15(19)20)11-18-9-7-12-5-3-4-6-13(12)10-18/h3-6H,2,7-11H2,1H3,(H,17,20). The van der Waals surface area contributed by atoms with Gasteiger partial charge in [-0.15, -0.1) is 0 Å². The van der Waals surface area contributed by atoms with Crippen LogP contribution in [0.2, 0.25) is 0 Å². The zero-order valence-electron chi connectivity index (χ0n) is 11.8. The molecule has 0 atom stereocenters. The van der Waals surface area contributed by atoms with Crippen LogP contribution in [0.5, 0.6) is 0 Å². The van der Waals surface area contributed by atoms with E-state index in [-0.39, 0.29) is 5.69 Å². The fourth-order valence-electron chi connectivity index (χ4n) is 2.81. The first-order valence-corrected chi connectivity index (χ1v) is 7.21. The van der Waals surface area contributed by atoms with Gasteiger partial charge in [-0.3, -0.25) is 9.47 Å². The minimum Gasteiger partial charge on any atom is -0.291 e. The number of hydrogen-bond donors (Lipinski definition) is 1. The lowest BCUT2D eigenvalue weighted by Crippen LogP contribution is -2.32. The van der Waals surface area contributed by atoms with Gasteiger partial charge in [0, 0.05) is 19.6 Å². The average Bonchev–Trinajstić information content (AvgIpc) is 2.81. The van der Waals surface area contributed by atoms with Gasteiger partial charge in [0.2, 0.25) is 0 Å². The number of fused-ring (bicyclic) bond motifs is 1. The Hall–Kier alpha value is -1.88. The van der Waals surface area contributed by atoms with Gasteiger partial charge < -0.3 is 0 Å². The molecule has 1 aromatic heterocycles. The van der Waals surface area contributed by atoms with Gasteiger partial charge in [0.15, 0.2) is 0 Å². The molecule has 0 saturated heterocycles. The van der Waals surface area contributed by atoms with Gasteiger partial charge in [0.05, 0.1) is 6.54 Å². The number of nitrogens with one attached hydrogen (secondary N) is 1. The van der Waals surface area contributed by atoms with Gasteiger partial charge in [-0.2, -0.15) is 5.10 Å². The molecule has 0 fully saturated rings. The van der Waals surface area contributed by atoms with E-state index < -0.39 is 0 Å². The van der Waals surface area contributed by atoms with Gasteiger partial charge in [-0.05, 0) is 24.0 Å². The Morgan fingerprint density at radius 1 is 1.30 bits per heavy atom. The van der Waals surface area contributed by atoms with Gasteiger partial charge in [0.25, 0.3) is 0 Å². The van der Waals surface area contributed by atoms with Crippen molar-refractivity contribution in [3.63, 3.8) is 0 Å². The SMILES string of the molecule is CCCn1c(CN2CCc3ccccc3C2)n[nH]c1=O. The Kier molecular flexibility index (Phi) is 3.69. The first kappa shape index (κ1) is 13.1. The van der Waals surface area contributed by atoms with Crippen LogP contribution in [0.1, 0.15) is 30.3 Å². The van der Waals surface area contributed by atoms with Crippen LogP contribution in [0.3, 0.4) is 0 Å². The summed E-state index contributed by atoms with van der Waals surface area (Å²) in [6, 6.07) is 8.57. The van der Waals surface area contributed by atoms with E-state index in [1.807, 2.05) is 0 Å². The third-order valence-corrected chi connectivity index (χ3v) is 3.86. The highest BCUT2D eigenvalue weighted by Crippen LogP contribution is 2.19. The molecule has 2 aromatic rings. The van der Waals surface area contributed by atoms with Crippen molar-refractivity contribution in [3.05, 3.63) is 51.7 Å². The summed E-state index contributed by atoms with van der Waals surface area (Å²) >= 11 is 0. The second kappa shape index (κ2) is 5.63. The van der Waals surface area contributed by atoms with E-state index >= 15 is 0 Å². The summed E-state index contributed by atoms with van der Waals surface area (Å²) in [5.74, 6) is 0.844. The topological polar surface area (TPSA) is 53.9 Å². The molecule has 5 heteroatoms. The Balaban J connectivity index is 1.75. The molecule has 0 radical (unpaired) electrons. The summed E-state index contributed by atoms with van der Waals surface area (Å²) in [5.41, 5.74) is 2.73. The first-order chi connectivity index (χ1) is 9.78. The van der Waals surface area contributed by atoms with Gasteiger partial charge in [-0.1, -0.05) is 31.2 Å². The highest BCUT2D eigenvalue weighted by molar-refractivity contribution is 5.29. The quantitative estimate of drug-likeness (QED) is 0.918. The largest absolute Gasteiger partial charge is 0.343 e. The predicted molar refractivity (Wildman–Crippen MR) is 77.4 cm³/mol. The summed E-state index contributed by atoms with van der Waals surface area (Å²) in [5, 5.41) is 6.73. The third-order valence-electron chi connectivity index (χ3n) is 3.86. The van der Waals surface area contributed by atoms with Crippen molar-refractivity contribution in [3.8, 4) is 0 Å². The van der Waals surface area contributed by atoms with Crippen LogP contribution >= 0.6 is 0 Å². The van der Waals surface area contributed by atoms with E-state index in [1.165, 1.54) is 11.1 Å². The summed E-state index contributed by atoms with van der Waals surface area (Å²) in [7, 11) is 0. The molecule has 1 aliphatic heterocycles. The molecule has 0 spiro atoms. The Bertz CT molecular complexity index is 643. The molecule has 3 rings (SSSR count). The second-order valence-corrected chi connectivity index (χ2v) is 5.33. The lowest BCUT2D eigenvalue weighted by atomic mass is 10.00. The average molecular weight is 272 g/mol. The third kappa shape index (κ3) is 2.54. The maximum Gasteiger partial charge on any atom is 0.343 e. The molecule has 0 unspecified atom stereocenters. The van der Waals surface area contributed by atoms with Gasteiger partial charge >= 0.3 is 5.69 Å². The maximum atomic E-state index is 11.7. The number of benzene rings is 1. The Morgan fingerprint density at radius 2 is 2.10 bits per heavy atom. The highest BCUT2D eigenvalue weighted by atomic mass is 16.1. The summed E-state index contributed by atoms with van der Waals surface area (Å²) in [6.45, 7) is 5.48. The second-order valence-electron chi connectivity index (χ2n) is 5.33. The molecule has 0 amide bonds. The van der Waals surface area contributed by atoms with E-state index in [9.17, 15) is 4.79 Å². The number of nitrogens with zero attached hydrogens (tertiary/aromatic N) is 3. The summed E-state index contributed by atoms with van der Waals surface area (Å²) < 4.78 is 1.75. The molecule has 20 heavy (non-hydrogen) atoms. The number of hydrogen-bond acceptors (Lipinski definition) is 3. The van der Waals surface area contributed by atoms with Crippen LogP contribution in [-0.2, 0) is 26.1 Å². The lowest BCUT2D eigenvalue weighted by Gasteiger charge is -2.28. The maximum absolute atomic E-state index is 11.7. The van der Waals surface area contributed by atoms with Crippen LogP contribution in [0.4, 0.5) is 0 Å². The number of H-pyrrole nitrogens is 1. The van der Waals surface area contributed by atoms with Gasteiger partial charge in [-0.25, -0.2) is 9.89 Å². The zero-order chi connectivity index (χ0) is 13.9. The summed E-state index contributed by atoms with van der Waals surface area (Å²) in [4.78, 5) is 14.0. The zero-order valence-corrected chi connectivity index (χ0v) is 11.8. The Labute approximate surface area is 118 Å². The van der Waals surface area contributed by atoms with Gasteiger partial charge in [0.1, 0.15) is 5.82 Å². The number of rotatable bonds is 4. The van der Waals surface area contributed by atoms with Crippen molar-refractivity contribution < 1.29 is 0 Å². The van der Waals surface area contributed by atoms with Crippen LogP contribution in [0, 0.1) is 0 Å². The van der Waals surface area contributed by atoms with Crippen molar-refractivity contribution in [2.75, 3.05) is 6.54 Å². The number of aromatic amines is 1. The molecule has 2 heterocycles. The molecule has 1 N–H and O–H groups in total. The molecule has 0 aliphatic carbocycles. The summed E-state index contributed by atoms with van der Waals surface area (Å²) in [6.07, 6.45) is 2.01. The highest BCUT2D eigenvalue weighted by Gasteiger charge is 2.18. The molecule has 1 aromatic carbocycles. The molecule has 0 bridgehead atoms. The van der Waals surface area contributed by atoms with Crippen molar-refractivity contribution >= 4 is 0 Å². The monoisotopic (exact) mass is 272 g/mol. The normalized spacial score (nSPS) is 15.2. The molecular formula is C15H20N4O. The smallest absolute Gasteiger partial charge is 0.291 e. The van der Waals surface area contributed by atoms with E-state index in [2.05, 4.69) is 46.3 Å². The van der Waals surface area contributed by atoms with Crippen LogP contribution < -0.4 is 5.69 Å².